The molecule has 0 spiro atoms. The molecule has 0 amide bonds. The molecule has 0 fully saturated rings. The van der Waals surface area contributed by atoms with Crippen molar-refractivity contribution < 1.29 is 8.81 Å². The van der Waals surface area contributed by atoms with Gasteiger partial charge in [-0.05, 0) is 35.7 Å². The summed E-state index contributed by atoms with van der Waals surface area (Å²) >= 11 is 0. The first kappa shape index (κ1) is 12.8. The molecule has 96 valence electrons. The van der Waals surface area contributed by atoms with Gasteiger partial charge in [0.25, 0.3) is 0 Å². The summed E-state index contributed by atoms with van der Waals surface area (Å²) in [5.41, 5.74) is 8.18. The third-order valence-corrected chi connectivity index (χ3v) is 3.55. The molecule has 1 heterocycles. The summed E-state index contributed by atoms with van der Waals surface area (Å²) < 4.78 is 18.0. The second kappa shape index (κ2) is 4.94. The smallest absolute Gasteiger partial charge is 0.123 e. The van der Waals surface area contributed by atoms with Crippen LogP contribution in [0.2, 0.25) is 0 Å². The highest BCUT2D eigenvalue weighted by Crippen LogP contribution is 2.28. The van der Waals surface area contributed by atoms with Crippen molar-refractivity contribution in [1.82, 2.24) is 0 Å². The summed E-state index contributed by atoms with van der Waals surface area (Å²) in [6.07, 6.45) is 4.09. The first-order chi connectivity index (χ1) is 8.50. The Bertz CT molecular complexity index is 488. The van der Waals surface area contributed by atoms with Crippen LogP contribution in [0.3, 0.4) is 0 Å². The van der Waals surface area contributed by atoms with E-state index in [1.165, 1.54) is 12.1 Å². The monoisotopic (exact) mass is 247 g/mol. The summed E-state index contributed by atoms with van der Waals surface area (Å²) in [6.45, 7) is 4.15. The maximum atomic E-state index is 12.9. The quantitative estimate of drug-likeness (QED) is 0.900. The van der Waals surface area contributed by atoms with Crippen molar-refractivity contribution in [3.8, 4) is 0 Å². The fourth-order valence-corrected chi connectivity index (χ4v) is 2.01. The van der Waals surface area contributed by atoms with E-state index in [0.717, 1.165) is 17.5 Å². The number of halogens is 1. The van der Waals surface area contributed by atoms with Crippen molar-refractivity contribution in [2.45, 2.75) is 31.7 Å². The first-order valence-corrected chi connectivity index (χ1v) is 6.03. The molecular formula is C15H18FNO. The van der Waals surface area contributed by atoms with Crippen molar-refractivity contribution in [3.05, 3.63) is 59.8 Å². The first-order valence-electron chi connectivity index (χ1n) is 6.03. The molecule has 1 aromatic carbocycles. The van der Waals surface area contributed by atoms with Gasteiger partial charge in [0, 0.05) is 11.5 Å². The Morgan fingerprint density at radius 1 is 1.22 bits per heavy atom. The number of rotatable bonds is 4. The van der Waals surface area contributed by atoms with Crippen LogP contribution in [0.5, 0.6) is 0 Å². The van der Waals surface area contributed by atoms with Gasteiger partial charge in [-0.15, -0.1) is 0 Å². The lowest BCUT2D eigenvalue weighted by Crippen LogP contribution is -2.42. The van der Waals surface area contributed by atoms with Gasteiger partial charge in [-0.2, -0.15) is 0 Å². The summed E-state index contributed by atoms with van der Waals surface area (Å²) in [4.78, 5) is 0. The third-order valence-electron chi connectivity index (χ3n) is 3.55. The average molecular weight is 247 g/mol. The molecular weight excluding hydrogens is 229 g/mol. The van der Waals surface area contributed by atoms with E-state index in [9.17, 15) is 4.39 Å². The summed E-state index contributed by atoms with van der Waals surface area (Å²) in [5.74, 6) is -0.224. The van der Waals surface area contributed by atoms with E-state index in [1.807, 2.05) is 6.07 Å². The van der Waals surface area contributed by atoms with Crippen LogP contribution in [0.4, 0.5) is 4.39 Å². The van der Waals surface area contributed by atoms with Crippen LogP contribution in [-0.2, 0) is 11.8 Å². The van der Waals surface area contributed by atoms with Gasteiger partial charge in [-0.3, -0.25) is 0 Å². The molecule has 3 heteroatoms. The number of hydrogen-bond donors (Lipinski definition) is 1. The van der Waals surface area contributed by atoms with E-state index in [-0.39, 0.29) is 17.3 Å². The highest BCUT2D eigenvalue weighted by molar-refractivity contribution is 5.27. The van der Waals surface area contributed by atoms with Gasteiger partial charge in [0.1, 0.15) is 5.82 Å². The maximum absolute atomic E-state index is 12.9. The van der Waals surface area contributed by atoms with Crippen LogP contribution < -0.4 is 5.73 Å². The molecule has 2 nitrogen and oxygen atoms in total. The lowest BCUT2D eigenvalue weighted by atomic mass is 9.76. The molecule has 0 bridgehead atoms. The molecule has 1 unspecified atom stereocenters. The molecule has 2 rings (SSSR count). The van der Waals surface area contributed by atoms with Crippen molar-refractivity contribution in [3.63, 3.8) is 0 Å². The molecule has 2 N–H and O–H groups in total. The number of furan rings is 1. The minimum Gasteiger partial charge on any atom is -0.472 e. The Morgan fingerprint density at radius 2 is 1.89 bits per heavy atom. The van der Waals surface area contributed by atoms with E-state index >= 15 is 0 Å². The standard InChI is InChI=1S/C15H18FNO/c1-15(2,12-3-5-13(16)6-4-12)14(17)9-11-7-8-18-10-11/h3-8,10,14H,9,17H2,1-2H3. The molecule has 0 aliphatic carbocycles. The van der Waals surface area contributed by atoms with Crippen LogP contribution in [0, 0.1) is 5.82 Å². The molecule has 0 saturated heterocycles. The Balaban J connectivity index is 2.16. The summed E-state index contributed by atoms with van der Waals surface area (Å²) in [6, 6.07) is 8.40. The predicted octanol–water partition coefficient (Wildman–Crippen LogP) is 3.27. The highest BCUT2D eigenvalue weighted by atomic mass is 19.1. The van der Waals surface area contributed by atoms with Crippen molar-refractivity contribution in [2.75, 3.05) is 0 Å². The zero-order valence-corrected chi connectivity index (χ0v) is 10.7. The van der Waals surface area contributed by atoms with Gasteiger partial charge in [-0.1, -0.05) is 26.0 Å². The second-order valence-corrected chi connectivity index (χ2v) is 5.17. The summed E-state index contributed by atoms with van der Waals surface area (Å²) in [7, 11) is 0. The minimum atomic E-state index is -0.224. The van der Waals surface area contributed by atoms with E-state index in [4.69, 9.17) is 10.2 Å². The SMILES string of the molecule is CC(C)(c1ccc(F)cc1)C(N)Cc1ccoc1. The molecule has 0 saturated carbocycles. The van der Waals surface area contributed by atoms with Gasteiger partial charge in [0.2, 0.25) is 0 Å². The topological polar surface area (TPSA) is 39.2 Å². The highest BCUT2D eigenvalue weighted by Gasteiger charge is 2.28. The largest absolute Gasteiger partial charge is 0.472 e. The van der Waals surface area contributed by atoms with Crippen LogP contribution in [0.1, 0.15) is 25.0 Å². The Kier molecular flexibility index (Phi) is 3.53. The van der Waals surface area contributed by atoms with Crippen molar-refractivity contribution in [1.29, 1.82) is 0 Å². The number of hydrogen-bond acceptors (Lipinski definition) is 2. The van der Waals surface area contributed by atoms with Gasteiger partial charge < -0.3 is 10.2 Å². The fraction of sp³-hybridized carbons (Fsp3) is 0.333. The number of nitrogens with two attached hydrogens (primary N) is 1. The predicted molar refractivity (Wildman–Crippen MR) is 69.8 cm³/mol. The summed E-state index contributed by atoms with van der Waals surface area (Å²) in [5, 5.41) is 0. The fourth-order valence-electron chi connectivity index (χ4n) is 2.01. The van der Waals surface area contributed by atoms with Crippen molar-refractivity contribution in [2.24, 2.45) is 5.73 Å². The van der Waals surface area contributed by atoms with Gasteiger partial charge in [0.05, 0.1) is 12.5 Å². The molecule has 0 radical (unpaired) electrons. The van der Waals surface area contributed by atoms with E-state index in [0.29, 0.717) is 0 Å². The molecule has 0 aliphatic rings. The lowest BCUT2D eigenvalue weighted by Gasteiger charge is -2.32. The normalized spacial score (nSPS) is 13.6. The Hall–Kier alpha value is -1.61. The third kappa shape index (κ3) is 2.62. The Morgan fingerprint density at radius 3 is 2.44 bits per heavy atom. The second-order valence-electron chi connectivity index (χ2n) is 5.17. The van der Waals surface area contributed by atoms with Gasteiger partial charge in [0.15, 0.2) is 0 Å². The van der Waals surface area contributed by atoms with E-state index in [1.54, 1.807) is 24.7 Å². The van der Waals surface area contributed by atoms with Crippen LogP contribution in [0.25, 0.3) is 0 Å². The molecule has 18 heavy (non-hydrogen) atoms. The Labute approximate surface area is 107 Å². The maximum Gasteiger partial charge on any atom is 0.123 e. The molecule has 1 aromatic heterocycles. The zero-order chi connectivity index (χ0) is 13.2. The molecule has 2 aromatic rings. The van der Waals surface area contributed by atoms with Crippen LogP contribution in [0.15, 0.2) is 47.3 Å². The molecule has 0 aliphatic heterocycles. The average Bonchev–Trinajstić information content (AvgIpc) is 2.82. The zero-order valence-electron chi connectivity index (χ0n) is 10.7. The number of benzene rings is 1. The van der Waals surface area contributed by atoms with E-state index < -0.39 is 0 Å². The van der Waals surface area contributed by atoms with Crippen LogP contribution >= 0.6 is 0 Å². The van der Waals surface area contributed by atoms with Gasteiger partial charge >= 0.3 is 0 Å². The van der Waals surface area contributed by atoms with Crippen LogP contribution in [-0.4, -0.2) is 6.04 Å². The molecule has 1 atom stereocenters. The van der Waals surface area contributed by atoms with Gasteiger partial charge in [-0.25, -0.2) is 4.39 Å². The lowest BCUT2D eigenvalue weighted by molar-refractivity contribution is 0.404. The van der Waals surface area contributed by atoms with E-state index in [2.05, 4.69) is 13.8 Å². The van der Waals surface area contributed by atoms with Crippen molar-refractivity contribution >= 4 is 0 Å². The minimum absolute atomic E-state index is 0.0550.